The van der Waals surface area contributed by atoms with Crippen molar-refractivity contribution < 1.29 is 13.5 Å². The van der Waals surface area contributed by atoms with Crippen molar-refractivity contribution in [2.24, 2.45) is 5.73 Å². The third-order valence-corrected chi connectivity index (χ3v) is 5.29. The molecule has 0 radical (unpaired) electrons. The molecule has 0 heterocycles. The zero-order chi connectivity index (χ0) is 14.7. The quantitative estimate of drug-likeness (QED) is 0.805. The Kier molecular flexibility index (Phi) is 5.09. The van der Waals surface area contributed by atoms with Crippen molar-refractivity contribution in [3.63, 3.8) is 0 Å². The van der Waals surface area contributed by atoms with Gasteiger partial charge in [-0.3, -0.25) is 0 Å². The molecule has 5 nitrogen and oxygen atoms in total. The van der Waals surface area contributed by atoms with Crippen LogP contribution in [0, 0.1) is 0 Å². The first-order valence-electron chi connectivity index (χ1n) is 6.08. The van der Waals surface area contributed by atoms with Gasteiger partial charge in [0.25, 0.3) is 0 Å². The predicted octanol–water partition coefficient (Wildman–Crippen LogP) is 0.678. The molecule has 1 aromatic rings. The van der Waals surface area contributed by atoms with E-state index in [1.54, 1.807) is 26.0 Å². The van der Waals surface area contributed by atoms with Gasteiger partial charge in [-0.1, -0.05) is 24.3 Å². The van der Waals surface area contributed by atoms with Crippen molar-refractivity contribution in [1.82, 2.24) is 4.31 Å². The summed E-state index contributed by atoms with van der Waals surface area (Å²) in [6, 6.07) is 7.17. The molecule has 0 aromatic heterocycles. The van der Waals surface area contributed by atoms with E-state index in [0.29, 0.717) is 12.1 Å². The number of nitrogens with zero attached hydrogens (tertiary/aromatic N) is 1. The highest BCUT2D eigenvalue weighted by Crippen LogP contribution is 2.19. The van der Waals surface area contributed by atoms with E-state index >= 15 is 0 Å². The third kappa shape index (κ3) is 4.01. The second-order valence-corrected chi connectivity index (χ2v) is 7.22. The molecule has 0 unspecified atom stereocenters. The Hall–Kier alpha value is -0.950. The summed E-state index contributed by atoms with van der Waals surface area (Å²) in [5.41, 5.74) is 6.36. The molecule has 0 aliphatic heterocycles. The molecule has 1 aromatic carbocycles. The molecule has 1 rings (SSSR count). The highest BCUT2D eigenvalue weighted by Gasteiger charge is 2.32. The average molecular weight is 286 g/mol. The number of nitrogens with two attached hydrogens (primary N) is 1. The summed E-state index contributed by atoms with van der Waals surface area (Å²) >= 11 is 0. The molecule has 108 valence electrons. The maximum absolute atomic E-state index is 12.3. The molecular weight excluding hydrogens is 264 g/mol. The first-order chi connectivity index (χ1) is 8.73. The smallest absolute Gasteiger partial charge is 0.218 e. The van der Waals surface area contributed by atoms with E-state index < -0.39 is 15.6 Å². The fourth-order valence-electron chi connectivity index (χ4n) is 1.56. The van der Waals surface area contributed by atoms with Gasteiger partial charge in [-0.05, 0) is 25.0 Å². The van der Waals surface area contributed by atoms with E-state index in [4.69, 9.17) is 5.73 Å². The van der Waals surface area contributed by atoms with E-state index in [9.17, 15) is 13.5 Å². The molecule has 0 amide bonds. The predicted molar refractivity (Wildman–Crippen MR) is 75.9 cm³/mol. The van der Waals surface area contributed by atoms with Crippen molar-refractivity contribution in [3.05, 3.63) is 35.4 Å². The monoisotopic (exact) mass is 286 g/mol. The Morgan fingerprint density at radius 2 is 1.68 bits per heavy atom. The van der Waals surface area contributed by atoms with Crippen LogP contribution in [0.15, 0.2) is 24.3 Å². The Bertz CT molecular complexity index is 509. The summed E-state index contributed by atoms with van der Waals surface area (Å²) in [5.74, 6) is -0.0855. The van der Waals surface area contributed by atoms with Crippen LogP contribution in [-0.4, -0.2) is 37.0 Å². The van der Waals surface area contributed by atoms with Crippen LogP contribution in [-0.2, 0) is 22.3 Å². The lowest BCUT2D eigenvalue weighted by Crippen LogP contribution is -2.47. The van der Waals surface area contributed by atoms with Gasteiger partial charge in [-0.25, -0.2) is 8.42 Å². The van der Waals surface area contributed by atoms with Gasteiger partial charge in [0.1, 0.15) is 0 Å². The second-order valence-electron chi connectivity index (χ2n) is 5.21. The molecule has 0 saturated heterocycles. The fraction of sp³-hybridized carbons (Fsp3) is 0.538. The van der Waals surface area contributed by atoms with Crippen LogP contribution in [0.5, 0.6) is 0 Å². The largest absolute Gasteiger partial charge is 0.394 e. The number of hydrogen-bond acceptors (Lipinski definition) is 4. The highest BCUT2D eigenvalue weighted by atomic mass is 32.2. The van der Waals surface area contributed by atoms with E-state index in [0.717, 1.165) is 5.56 Å². The lowest BCUT2D eigenvalue weighted by molar-refractivity contribution is 0.138. The molecule has 6 heteroatoms. The maximum atomic E-state index is 12.3. The minimum atomic E-state index is -3.46. The van der Waals surface area contributed by atoms with Gasteiger partial charge in [0.15, 0.2) is 0 Å². The molecule has 19 heavy (non-hydrogen) atoms. The fourth-order valence-corrected chi connectivity index (χ4v) is 3.17. The van der Waals surface area contributed by atoms with Crippen LogP contribution < -0.4 is 5.73 Å². The molecule has 3 N–H and O–H groups in total. The van der Waals surface area contributed by atoms with Gasteiger partial charge in [0.2, 0.25) is 10.0 Å². The SMILES string of the molecule is CN(C(C)(C)CO)S(=O)(=O)Cc1ccc(CN)cc1. The molecule has 0 aliphatic rings. The van der Waals surface area contributed by atoms with Crippen molar-refractivity contribution in [2.75, 3.05) is 13.7 Å². The van der Waals surface area contributed by atoms with Gasteiger partial charge in [-0.2, -0.15) is 4.31 Å². The standard InChI is InChI=1S/C13H22N2O3S/c1-13(2,10-16)15(3)19(17,18)9-12-6-4-11(8-14)5-7-12/h4-7,16H,8-10,14H2,1-3H3. The number of aliphatic hydroxyl groups excluding tert-OH is 1. The molecule has 0 saturated carbocycles. The maximum Gasteiger partial charge on any atom is 0.218 e. The Morgan fingerprint density at radius 1 is 1.21 bits per heavy atom. The summed E-state index contributed by atoms with van der Waals surface area (Å²) in [6.45, 7) is 3.57. The van der Waals surface area contributed by atoms with E-state index in [1.165, 1.54) is 11.4 Å². The van der Waals surface area contributed by atoms with Gasteiger partial charge in [-0.15, -0.1) is 0 Å². The zero-order valence-electron chi connectivity index (χ0n) is 11.6. The first kappa shape index (κ1) is 16.1. The van der Waals surface area contributed by atoms with Crippen LogP contribution >= 0.6 is 0 Å². The van der Waals surface area contributed by atoms with Crippen molar-refractivity contribution >= 4 is 10.0 Å². The molecular formula is C13H22N2O3S. The number of aliphatic hydroxyl groups is 1. The van der Waals surface area contributed by atoms with Crippen molar-refractivity contribution in [1.29, 1.82) is 0 Å². The minimum absolute atomic E-state index is 0.0855. The van der Waals surface area contributed by atoms with Gasteiger partial charge < -0.3 is 10.8 Å². The summed E-state index contributed by atoms with van der Waals surface area (Å²) < 4.78 is 25.7. The first-order valence-corrected chi connectivity index (χ1v) is 7.69. The minimum Gasteiger partial charge on any atom is -0.394 e. The molecule has 0 fully saturated rings. The van der Waals surface area contributed by atoms with Crippen molar-refractivity contribution in [2.45, 2.75) is 31.7 Å². The third-order valence-electron chi connectivity index (χ3n) is 3.26. The Balaban J connectivity index is 2.90. The number of benzene rings is 1. The number of hydrogen-bond donors (Lipinski definition) is 2. The zero-order valence-corrected chi connectivity index (χ0v) is 12.4. The van der Waals surface area contributed by atoms with Crippen LogP contribution in [0.2, 0.25) is 0 Å². The van der Waals surface area contributed by atoms with Gasteiger partial charge in [0, 0.05) is 13.6 Å². The van der Waals surface area contributed by atoms with Crippen LogP contribution in [0.3, 0.4) is 0 Å². The number of likely N-dealkylation sites (N-methyl/N-ethyl adjacent to an activating group) is 1. The average Bonchev–Trinajstić information content (AvgIpc) is 2.38. The number of rotatable bonds is 6. The molecule has 0 aliphatic carbocycles. The lowest BCUT2D eigenvalue weighted by Gasteiger charge is -2.32. The normalized spacial score (nSPS) is 12.9. The van der Waals surface area contributed by atoms with Crippen molar-refractivity contribution in [3.8, 4) is 0 Å². The van der Waals surface area contributed by atoms with Crippen LogP contribution in [0.1, 0.15) is 25.0 Å². The second kappa shape index (κ2) is 6.00. The molecule has 0 spiro atoms. The topological polar surface area (TPSA) is 83.6 Å². The molecule has 0 atom stereocenters. The van der Waals surface area contributed by atoms with Gasteiger partial charge >= 0.3 is 0 Å². The number of sulfonamides is 1. The van der Waals surface area contributed by atoms with E-state index in [1.807, 2.05) is 12.1 Å². The molecule has 0 bridgehead atoms. The summed E-state index contributed by atoms with van der Waals surface area (Å²) in [5, 5.41) is 9.24. The Labute approximate surface area is 115 Å². The summed E-state index contributed by atoms with van der Waals surface area (Å²) in [7, 11) is -1.97. The van der Waals surface area contributed by atoms with Crippen LogP contribution in [0.25, 0.3) is 0 Å². The van der Waals surface area contributed by atoms with Crippen LogP contribution in [0.4, 0.5) is 0 Å². The lowest BCUT2D eigenvalue weighted by atomic mass is 10.1. The highest BCUT2D eigenvalue weighted by molar-refractivity contribution is 7.88. The Morgan fingerprint density at radius 3 is 2.11 bits per heavy atom. The van der Waals surface area contributed by atoms with E-state index in [-0.39, 0.29) is 12.4 Å². The summed E-state index contributed by atoms with van der Waals surface area (Å²) in [6.07, 6.45) is 0. The van der Waals surface area contributed by atoms with E-state index in [2.05, 4.69) is 0 Å². The summed E-state index contributed by atoms with van der Waals surface area (Å²) in [4.78, 5) is 0. The van der Waals surface area contributed by atoms with Gasteiger partial charge in [0.05, 0.1) is 17.9 Å².